The van der Waals surface area contributed by atoms with E-state index in [0.717, 1.165) is 31.5 Å². The van der Waals surface area contributed by atoms with E-state index >= 15 is 0 Å². The first kappa shape index (κ1) is 16.8. The van der Waals surface area contributed by atoms with Crippen molar-refractivity contribution in [3.8, 4) is 5.75 Å². The molecular formula is C18H19N3O4. The van der Waals surface area contributed by atoms with Crippen LogP contribution in [0, 0.1) is 10.1 Å². The van der Waals surface area contributed by atoms with Crippen molar-refractivity contribution in [1.82, 2.24) is 5.32 Å². The Morgan fingerprint density at radius 2 is 1.96 bits per heavy atom. The van der Waals surface area contributed by atoms with E-state index in [1.165, 1.54) is 6.07 Å². The van der Waals surface area contributed by atoms with Gasteiger partial charge in [0.2, 0.25) is 0 Å². The van der Waals surface area contributed by atoms with Gasteiger partial charge in [0.25, 0.3) is 11.6 Å². The van der Waals surface area contributed by atoms with Crippen molar-refractivity contribution in [2.75, 3.05) is 18.0 Å². The Labute approximate surface area is 145 Å². The van der Waals surface area contributed by atoms with E-state index in [0.29, 0.717) is 5.69 Å². The minimum Gasteiger partial charge on any atom is -0.508 e. The number of hydrogen-bond donors (Lipinski definition) is 2. The third-order valence-electron chi connectivity index (χ3n) is 4.24. The molecule has 1 saturated heterocycles. The third kappa shape index (κ3) is 3.88. The predicted octanol–water partition coefficient (Wildman–Crippen LogP) is 2.83. The minimum atomic E-state index is -0.445. The molecule has 0 aliphatic carbocycles. The fourth-order valence-electron chi connectivity index (χ4n) is 2.99. The molecule has 0 aromatic heterocycles. The second-order valence-corrected chi connectivity index (χ2v) is 6.01. The summed E-state index contributed by atoms with van der Waals surface area (Å²) >= 11 is 0. The summed E-state index contributed by atoms with van der Waals surface area (Å²) in [6.07, 6.45) is 2.03. The largest absolute Gasteiger partial charge is 0.508 e. The highest BCUT2D eigenvalue weighted by molar-refractivity contribution is 5.95. The normalized spacial score (nSPS) is 13.7. The second-order valence-electron chi connectivity index (χ2n) is 6.01. The summed E-state index contributed by atoms with van der Waals surface area (Å²) in [5.74, 6) is -0.267. The number of rotatable bonds is 5. The maximum absolute atomic E-state index is 12.3. The number of aromatic hydroxyl groups is 1. The van der Waals surface area contributed by atoms with Crippen molar-refractivity contribution >= 4 is 17.3 Å². The zero-order valence-corrected chi connectivity index (χ0v) is 13.6. The molecule has 0 radical (unpaired) electrons. The number of amides is 1. The third-order valence-corrected chi connectivity index (χ3v) is 4.24. The van der Waals surface area contributed by atoms with Gasteiger partial charge in [0.1, 0.15) is 11.4 Å². The molecule has 2 aromatic rings. The SMILES string of the molecule is O=C(NCc1cccc(O)c1)c1ccc(N2CCCC2)c([N+](=O)[O-])c1. The molecule has 0 atom stereocenters. The number of anilines is 1. The summed E-state index contributed by atoms with van der Waals surface area (Å²) in [5.41, 5.74) is 1.50. The van der Waals surface area contributed by atoms with Crippen LogP contribution in [0.25, 0.3) is 0 Å². The number of benzene rings is 2. The number of phenolic OH excluding ortho intramolecular Hbond substituents is 1. The number of carbonyl (C=O) groups excluding carboxylic acids is 1. The van der Waals surface area contributed by atoms with Crippen molar-refractivity contribution in [1.29, 1.82) is 0 Å². The fraction of sp³-hybridized carbons (Fsp3) is 0.278. The van der Waals surface area contributed by atoms with Gasteiger partial charge < -0.3 is 15.3 Å². The van der Waals surface area contributed by atoms with Crippen LogP contribution in [-0.2, 0) is 6.54 Å². The van der Waals surface area contributed by atoms with Gasteiger partial charge >= 0.3 is 0 Å². The van der Waals surface area contributed by atoms with Crippen molar-refractivity contribution < 1.29 is 14.8 Å². The summed E-state index contributed by atoms with van der Waals surface area (Å²) in [5, 5.41) is 23.5. The summed E-state index contributed by atoms with van der Waals surface area (Å²) in [6, 6.07) is 11.1. The van der Waals surface area contributed by atoms with Crippen molar-refractivity contribution in [2.24, 2.45) is 0 Å². The molecule has 130 valence electrons. The Balaban J connectivity index is 1.76. The molecule has 1 aliphatic rings. The number of nitrogens with zero attached hydrogens (tertiary/aromatic N) is 2. The highest BCUT2D eigenvalue weighted by Crippen LogP contribution is 2.31. The summed E-state index contributed by atoms with van der Waals surface area (Å²) < 4.78 is 0. The standard InChI is InChI=1S/C18H19N3O4/c22-15-5-3-4-13(10-15)12-19-18(23)14-6-7-16(17(11-14)21(24)25)20-8-1-2-9-20/h3-7,10-11,22H,1-2,8-9,12H2,(H,19,23). The van der Waals surface area contributed by atoms with E-state index in [1.54, 1.807) is 36.4 Å². The van der Waals surface area contributed by atoms with E-state index in [2.05, 4.69) is 5.32 Å². The molecule has 7 nitrogen and oxygen atoms in total. The maximum Gasteiger partial charge on any atom is 0.293 e. The summed E-state index contributed by atoms with van der Waals surface area (Å²) in [6.45, 7) is 1.82. The van der Waals surface area contributed by atoms with Gasteiger partial charge in [-0.15, -0.1) is 0 Å². The van der Waals surface area contributed by atoms with Gasteiger partial charge in [0.15, 0.2) is 0 Å². The molecule has 7 heteroatoms. The van der Waals surface area contributed by atoms with E-state index in [1.807, 2.05) is 4.90 Å². The summed E-state index contributed by atoms with van der Waals surface area (Å²) in [7, 11) is 0. The lowest BCUT2D eigenvalue weighted by atomic mass is 10.1. The number of hydrogen-bond acceptors (Lipinski definition) is 5. The zero-order valence-electron chi connectivity index (χ0n) is 13.6. The molecule has 3 rings (SSSR count). The van der Waals surface area contributed by atoms with Gasteiger partial charge in [-0.25, -0.2) is 0 Å². The fourth-order valence-corrected chi connectivity index (χ4v) is 2.99. The molecule has 0 bridgehead atoms. The summed E-state index contributed by atoms with van der Waals surface area (Å²) in [4.78, 5) is 25.2. The zero-order chi connectivity index (χ0) is 17.8. The van der Waals surface area contributed by atoms with Crippen LogP contribution >= 0.6 is 0 Å². The Morgan fingerprint density at radius 1 is 1.20 bits per heavy atom. The molecule has 1 amide bonds. The Kier molecular flexibility index (Phi) is 4.83. The number of nitro benzene ring substituents is 1. The second kappa shape index (κ2) is 7.21. The molecule has 1 aliphatic heterocycles. The molecular weight excluding hydrogens is 322 g/mol. The van der Waals surface area contributed by atoms with Gasteiger partial charge in [0.05, 0.1) is 4.92 Å². The monoisotopic (exact) mass is 341 g/mol. The van der Waals surface area contributed by atoms with Gasteiger partial charge in [-0.05, 0) is 42.7 Å². The average molecular weight is 341 g/mol. The van der Waals surface area contributed by atoms with Gasteiger partial charge in [0, 0.05) is 31.3 Å². The Hall–Kier alpha value is -3.09. The van der Waals surface area contributed by atoms with E-state index in [-0.39, 0.29) is 29.5 Å². The molecule has 2 aromatic carbocycles. The van der Waals surface area contributed by atoms with Gasteiger partial charge in [-0.1, -0.05) is 12.1 Å². The molecule has 1 heterocycles. The Morgan fingerprint density at radius 3 is 2.64 bits per heavy atom. The first-order chi connectivity index (χ1) is 12.0. The van der Waals surface area contributed by atoms with Crippen LogP contribution in [0.15, 0.2) is 42.5 Å². The van der Waals surface area contributed by atoms with Crippen LogP contribution < -0.4 is 10.2 Å². The van der Waals surface area contributed by atoms with E-state index < -0.39 is 4.92 Å². The number of phenols is 1. The van der Waals surface area contributed by atoms with Gasteiger partial charge in [-0.2, -0.15) is 0 Å². The van der Waals surface area contributed by atoms with Crippen molar-refractivity contribution in [3.63, 3.8) is 0 Å². The lowest BCUT2D eigenvalue weighted by Crippen LogP contribution is -2.23. The van der Waals surface area contributed by atoms with Crippen LogP contribution in [0.1, 0.15) is 28.8 Å². The molecule has 1 fully saturated rings. The molecule has 2 N–H and O–H groups in total. The molecule has 0 unspecified atom stereocenters. The highest BCUT2D eigenvalue weighted by atomic mass is 16.6. The van der Waals surface area contributed by atoms with E-state index in [9.17, 15) is 20.0 Å². The highest BCUT2D eigenvalue weighted by Gasteiger charge is 2.23. The quantitative estimate of drug-likeness (QED) is 0.644. The first-order valence-corrected chi connectivity index (χ1v) is 8.14. The molecule has 0 saturated carbocycles. The lowest BCUT2D eigenvalue weighted by molar-refractivity contribution is -0.384. The number of nitrogens with one attached hydrogen (secondary N) is 1. The predicted molar refractivity (Wildman–Crippen MR) is 93.8 cm³/mol. The smallest absolute Gasteiger partial charge is 0.293 e. The maximum atomic E-state index is 12.3. The van der Waals surface area contributed by atoms with Crippen molar-refractivity contribution in [2.45, 2.75) is 19.4 Å². The van der Waals surface area contributed by atoms with Crippen LogP contribution in [0.4, 0.5) is 11.4 Å². The van der Waals surface area contributed by atoms with Crippen LogP contribution in [-0.4, -0.2) is 29.0 Å². The minimum absolute atomic E-state index is 0.0492. The van der Waals surface area contributed by atoms with Crippen LogP contribution in [0.2, 0.25) is 0 Å². The first-order valence-electron chi connectivity index (χ1n) is 8.14. The Bertz CT molecular complexity index is 801. The number of nitro groups is 1. The number of carbonyl (C=O) groups is 1. The lowest BCUT2D eigenvalue weighted by Gasteiger charge is -2.17. The topological polar surface area (TPSA) is 95.7 Å². The van der Waals surface area contributed by atoms with Crippen molar-refractivity contribution in [3.05, 3.63) is 63.7 Å². The van der Waals surface area contributed by atoms with E-state index in [4.69, 9.17) is 0 Å². The van der Waals surface area contributed by atoms with Crippen LogP contribution in [0.3, 0.4) is 0 Å². The molecule has 25 heavy (non-hydrogen) atoms. The van der Waals surface area contributed by atoms with Crippen LogP contribution in [0.5, 0.6) is 5.75 Å². The van der Waals surface area contributed by atoms with Gasteiger partial charge in [-0.3, -0.25) is 14.9 Å². The molecule has 0 spiro atoms. The average Bonchev–Trinajstić information content (AvgIpc) is 3.13.